The predicted molar refractivity (Wildman–Crippen MR) is 71.5 cm³/mol. The third-order valence-electron chi connectivity index (χ3n) is 4.64. The number of piperidine rings is 1. The molecule has 2 heterocycles. The molecule has 1 aromatic rings. The van der Waals surface area contributed by atoms with E-state index in [-0.39, 0.29) is 0 Å². The average Bonchev–Trinajstić information content (AvgIpc) is 2.90. The van der Waals surface area contributed by atoms with Crippen molar-refractivity contribution < 1.29 is 0 Å². The van der Waals surface area contributed by atoms with Gasteiger partial charge < -0.3 is 5.32 Å². The van der Waals surface area contributed by atoms with Gasteiger partial charge in [0.15, 0.2) is 0 Å². The van der Waals surface area contributed by atoms with Gasteiger partial charge in [0, 0.05) is 12.1 Å². The Morgan fingerprint density at radius 3 is 2.56 bits per heavy atom. The minimum absolute atomic E-state index is 0.601. The van der Waals surface area contributed by atoms with Crippen LogP contribution in [-0.2, 0) is 0 Å². The number of hydrogen-bond donors (Lipinski definition) is 1. The average molecular weight is 248 g/mol. The van der Waals surface area contributed by atoms with Crippen molar-refractivity contribution in [1.29, 1.82) is 0 Å². The van der Waals surface area contributed by atoms with Crippen molar-refractivity contribution in [3.63, 3.8) is 0 Å². The van der Waals surface area contributed by atoms with Crippen molar-refractivity contribution in [2.24, 2.45) is 5.92 Å². The van der Waals surface area contributed by atoms with E-state index >= 15 is 0 Å². The monoisotopic (exact) mass is 248 g/mol. The maximum Gasteiger partial charge on any atom is 0.0859 e. The molecule has 0 aromatic carbocycles. The fourth-order valence-corrected chi connectivity index (χ4v) is 3.28. The van der Waals surface area contributed by atoms with E-state index in [4.69, 9.17) is 0 Å². The second kappa shape index (κ2) is 5.39. The molecule has 100 valence electrons. The molecule has 1 saturated heterocycles. The fourth-order valence-electron chi connectivity index (χ4n) is 3.28. The molecule has 2 aliphatic rings. The molecule has 2 fully saturated rings. The maximum atomic E-state index is 4.42. The summed E-state index contributed by atoms with van der Waals surface area (Å²) >= 11 is 0. The normalized spacial score (nSPS) is 30.5. The minimum atomic E-state index is 0.601. The zero-order valence-corrected chi connectivity index (χ0v) is 11.3. The minimum Gasteiger partial charge on any atom is -0.317 e. The first-order chi connectivity index (χ1) is 8.83. The number of nitrogens with zero attached hydrogens (tertiary/aromatic N) is 3. The SMILES string of the molecule is CC1CCC(n2cc(C3CCNCC3)nn2)CC1. The van der Waals surface area contributed by atoms with Crippen LogP contribution in [-0.4, -0.2) is 28.1 Å². The number of nitrogens with one attached hydrogen (secondary N) is 1. The Labute approximate surface area is 109 Å². The van der Waals surface area contributed by atoms with Gasteiger partial charge in [0.25, 0.3) is 0 Å². The van der Waals surface area contributed by atoms with E-state index in [0.717, 1.165) is 19.0 Å². The molecule has 4 heteroatoms. The molecule has 0 radical (unpaired) electrons. The fraction of sp³-hybridized carbons (Fsp3) is 0.857. The van der Waals surface area contributed by atoms with Crippen molar-refractivity contribution in [2.45, 2.75) is 57.4 Å². The first-order valence-corrected chi connectivity index (χ1v) is 7.45. The maximum absolute atomic E-state index is 4.42. The lowest BCUT2D eigenvalue weighted by molar-refractivity contribution is 0.270. The molecule has 4 nitrogen and oxygen atoms in total. The lowest BCUT2D eigenvalue weighted by Crippen LogP contribution is -2.26. The molecule has 0 amide bonds. The smallest absolute Gasteiger partial charge is 0.0859 e. The summed E-state index contributed by atoms with van der Waals surface area (Å²) in [5.41, 5.74) is 1.22. The van der Waals surface area contributed by atoms with E-state index < -0.39 is 0 Å². The van der Waals surface area contributed by atoms with Crippen LogP contribution in [0.4, 0.5) is 0 Å². The molecule has 18 heavy (non-hydrogen) atoms. The topological polar surface area (TPSA) is 42.7 Å². The highest BCUT2D eigenvalue weighted by atomic mass is 15.4. The van der Waals surface area contributed by atoms with Crippen LogP contribution in [0, 0.1) is 5.92 Å². The Balaban J connectivity index is 1.65. The van der Waals surface area contributed by atoms with Gasteiger partial charge in [0.1, 0.15) is 0 Å². The lowest BCUT2D eigenvalue weighted by atomic mass is 9.87. The predicted octanol–water partition coefficient (Wildman–Crippen LogP) is 2.50. The van der Waals surface area contributed by atoms with Gasteiger partial charge in [-0.25, -0.2) is 4.68 Å². The standard InChI is InChI=1S/C14H24N4/c1-11-2-4-13(5-3-11)18-10-14(16-17-18)12-6-8-15-9-7-12/h10-13,15H,2-9H2,1H3. The molecule has 1 N–H and O–H groups in total. The van der Waals surface area contributed by atoms with Crippen LogP contribution in [0.3, 0.4) is 0 Å². The third kappa shape index (κ3) is 2.58. The summed E-state index contributed by atoms with van der Waals surface area (Å²) < 4.78 is 2.14. The molecular weight excluding hydrogens is 224 g/mol. The second-order valence-corrected chi connectivity index (χ2v) is 6.06. The summed E-state index contributed by atoms with van der Waals surface area (Å²) in [7, 11) is 0. The molecule has 0 unspecified atom stereocenters. The molecule has 0 atom stereocenters. The highest BCUT2D eigenvalue weighted by Crippen LogP contribution is 2.32. The first-order valence-electron chi connectivity index (χ1n) is 7.45. The largest absolute Gasteiger partial charge is 0.317 e. The third-order valence-corrected chi connectivity index (χ3v) is 4.64. The summed E-state index contributed by atoms with van der Waals surface area (Å²) in [5.74, 6) is 1.52. The Morgan fingerprint density at radius 2 is 1.83 bits per heavy atom. The van der Waals surface area contributed by atoms with Crippen LogP contribution in [0.1, 0.15) is 63.1 Å². The zero-order chi connectivity index (χ0) is 12.4. The Bertz CT molecular complexity index is 373. The number of hydrogen-bond acceptors (Lipinski definition) is 3. The number of rotatable bonds is 2. The van der Waals surface area contributed by atoms with Crippen molar-refractivity contribution >= 4 is 0 Å². The lowest BCUT2D eigenvalue weighted by Gasteiger charge is -2.26. The Kier molecular flexibility index (Phi) is 3.64. The molecule has 3 rings (SSSR count). The summed E-state index contributed by atoms with van der Waals surface area (Å²) in [6.07, 6.45) is 9.87. The highest BCUT2D eigenvalue weighted by Gasteiger charge is 2.23. The zero-order valence-electron chi connectivity index (χ0n) is 11.3. The van der Waals surface area contributed by atoms with Gasteiger partial charge in [0.2, 0.25) is 0 Å². The molecule has 1 saturated carbocycles. The van der Waals surface area contributed by atoms with Gasteiger partial charge in [-0.1, -0.05) is 12.1 Å². The van der Waals surface area contributed by atoms with Gasteiger partial charge in [0.05, 0.1) is 11.7 Å². The van der Waals surface area contributed by atoms with Crippen LogP contribution >= 0.6 is 0 Å². The Morgan fingerprint density at radius 1 is 1.11 bits per heavy atom. The number of aromatic nitrogens is 3. The van der Waals surface area contributed by atoms with E-state index in [0.29, 0.717) is 12.0 Å². The van der Waals surface area contributed by atoms with Crippen LogP contribution in [0.2, 0.25) is 0 Å². The first kappa shape index (κ1) is 12.2. The van der Waals surface area contributed by atoms with Crippen LogP contribution in [0.15, 0.2) is 6.20 Å². The molecular formula is C14H24N4. The van der Waals surface area contributed by atoms with Crippen LogP contribution in [0.25, 0.3) is 0 Å². The van der Waals surface area contributed by atoms with E-state index in [1.807, 2.05) is 0 Å². The highest BCUT2D eigenvalue weighted by molar-refractivity contribution is 5.04. The van der Waals surface area contributed by atoms with Crippen molar-refractivity contribution in [2.75, 3.05) is 13.1 Å². The molecule has 0 spiro atoms. The molecule has 0 bridgehead atoms. The summed E-state index contributed by atoms with van der Waals surface area (Å²) in [5, 5.41) is 12.2. The van der Waals surface area contributed by atoms with E-state index in [2.05, 4.69) is 33.4 Å². The van der Waals surface area contributed by atoms with Gasteiger partial charge in [-0.3, -0.25) is 0 Å². The van der Waals surface area contributed by atoms with Crippen molar-refractivity contribution in [3.8, 4) is 0 Å². The summed E-state index contributed by atoms with van der Waals surface area (Å²) in [6.45, 7) is 4.61. The van der Waals surface area contributed by atoms with Crippen molar-refractivity contribution in [3.05, 3.63) is 11.9 Å². The summed E-state index contributed by atoms with van der Waals surface area (Å²) in [4.78, 5) is 0. The van der Waals surface area contributed by atoms with E-state index in [9.17, 15) is 0 Å². The van der Waals surface area contributed by atoms with Gasteiger partial charge in [-0.2, -0.15) is 0 Å². The van der Waals surface area contributed by atoms with Crippen LogP contribution in [0.5, 0.6) is 0 Å². The summed E-state index contributed by atoms with van der Waals surface area (Å²) in [6, 6.07) is 0.601. The van der Waals surface area contributed by atoms with E-state index in [1.165, 1.54) is 44.2 Å². The quantitative estimate of drug-likeness (QED) is 0.874. The second-order valence-electron chi connectivity index (χ2n) is 6.06. The van der Waals surface area contributed by atoms with Gasteiger partial charge in [-0.15, -0.1) is 5.10 Å². The van der Waals surface area contributed by atoms with Gasteiger partial charge >= 0.3 is 0 Å². The molecule has 1 aromatic heterocycles. The van der Waals surface area contributed by atoms with Gasteiger partial charge in [-0.05, 0) is 57.5 Å². The van der Waals surface area contributed by atoms with Crippen LogP contribution < -0.4 is 5.32 Å². The molecule has 1 aliphatic heterocycles. The van der Waals surface area contributed by atoms with E-state index in [1.54, 1.807) is 0 Å². The Hall–Kier alpha value is -0.900. The van der Waals surface area contributed by atoms with Crippen molar-refractivity contribution in [1.82, 2.24) is 20.3 Å². The molecule has 1 aliphatic carbocycles.